The highest BCUT2D eigenvalue weighted by molar-refractivity contribution is 5.94. The number of rotatable bonds is 5. The third kappa shape index (κ3) is 4.21. The second-order valence-electron chi connectivity index (χ2n) is 12.3. The minimum Gasteiger partial charge on any atom is -0.387 e. The molecule has 4 saturated carbocycles. The van der Waals surface area contributed by atoms with Crippen LogP contribution in [0.15, 0.2) is 24.3 Å². The van der Waals surface area contributed by atoms with Crippen LogP contribution in [0, 0.1) is 46.7 Å². The molecule has 0 heterocycles. The lowest BCUT2D eigenvalue weighted by atomic mass is 9.48. The molecule has 188 valence electrons. The predicted molar refractivity (Wildman–Crippen MR) is 131 cm³/mol. The van der Waals surface area contributed by atoms with Gasteiger partial charge in [0.15, 0.2) is 0 Å². The van der Waals surface area contributed by atoms with Gasteiger partial charge in [-0.1, -0.05) is 6.92 Å². The van der Waals surface area contributed by atoms with Gasteiger partial charge in [-0.15, -0.1) is 0 Å². The first kappa shape index (κ1) is 24.2. The van der Waals surface area contributed by atoms with E-state index in [9.17, 15) is 14.3 Å². The van der Waals surface area contributed by atoms with Crippen molar-refractivity contribution in [1.82, 2.24) is 5.32 Å². The third-order valence-electron chi connectivity index (χ3n) is 10.7. The number of nitrogens with one attached hydrogen (secondary N) is 1. The quantitative estimate of drug-likeness (QED) is 0.589. The van der Waals surface area contributed by atoms with Crippen molar-refractivity contribution < 1.29 is 19.0 Å². The molecular formula is C29H42FNO3. The zero-order chi connectivity index (χ0) is 24.1. The van der Waals surface area contributed by atoms with Gasteiger partial charge >= 0.3 is 0 Å². The van der Waals surface area contributed by atoms with Crippen LogP contribution in [0.4, 0.5) is 4.39 Å². The Morgan fingerprint density at radius 2 is 1.82 bits per heavy atom. The van der Waals surface area contributed by atoms with Gasteiger partial charge in [-0.25, -0.2) is 4.39 Å². The van der Waals surface area contributed by atoms with E-state index in [1.165, 1.54) is 50.7 Å². The fraction of sp³-hybridized carbons (Fsp3) is 0.759. The van der Waals surface area contributed by atoms with Gasteiger partial charge in [0.25, 0.3) is 5.91 Å². The van der Waals surface area contributed by atoms with Crippen LogP contribution in [0.3, 0.4) is 0 Å². The third-order valence-corrected chi connectivity index (χ3v) is 10.7. The van der Waals surface area contributed by atoms with E-state index in [0.717, 1.165) is 42.9 Å². The molecule has 34 heavy (non-hydrogen) atoms. The summed E-state index contributed by atoms with van der Waals surface area (Å²) in [5.74, 6) is 3.80. The van der Waals surface area contributed by atoms with Crippen LogP contribution in [-0.4, -0.2) is 36.4 Å². The highest BCUT2D eigenvalue weighted by Crippen LogP contribution is 2.65. The van der Waals surface area contributed by atoms with Crippen LogP contribution in [-0.2, 0) is 4.74 Å². The molecule has 1 aromatic carbocycles. The number of benzene rings is 1. The molecule has 4 fully saturated rings. The molecule has 0 aliphatic heterocycles. The van der Waals surface area contributed by atoms with Gasteiger partial charge in [0.1, 0.15) is 5.82 Å². The van der Waals surface area contributed by atoms with Crippen molar-refractivity contribution in [2.75, 3.05) is 13.7 Å². The van der Waals surface area contributed by atoms with Gasteiger partial charge in [0.05, 0.1) is 12.2 Å². The molecule has 4 nitrogen and oxygen atoms in total. The molecule has 0 aromatic heterocycles. The number of hydrogen-bond acceptors (Lipinski definition) is 3. The van der Waals surface area contributed by atoms with Crippen molar-refractivity contribution in [2.24, 2.45) is 40.9 Å². The summed E-state index contributed by atoms with van der Waals surface area (Å²) in [6, 6.07) is 5.95. The van der Waals surface area contributed by atoms with Crippen LogP contribution in [0.25, 0.3) is 0 Å². The maximum Gasteiger partial charge on any atom is 0.251 e. The maximum absolute atomic E-state index is 13.3. The Morgan fingerprint density at radius 3 is 2.56 bits per heavy atom. The number of halogens is 1. The lowest BCUT2D eigenvalue weighted by Crippen LogP contribution is -2.53. The molecule has 5 rings (SSSR count). The first-order valence-corrected chi connectivity index (χ1v) is 13.5. The van der Waals surface area contributed by atoms with Gasteiger partial charge in [-0.2, -0.15) is 0 Å². The molecule has 2 N–H and O–H groups in total. The van der Waals surface area contributed by atoms with E-state index < -0.39 is 5.60 Å². The molecule has 1 aromatic rings. The predicted octanol–water partition coefficient (Wildman–Crippen LogP) is 5.59. The van der Waals surface area contributed by atoms with E-state index in [-0.39, 0.29) is 23.2 Å². The lowest BCUT2D eigenvalue weighted by molar-refractivity contribution is -0.125. The topological polar surface area (TPSA) is 58.6 Å². The molecule has 0 bridgehead atoms. The number of ether oxygens (including phenoxy) is 1. The number of amides is 1. The molecule has 0 spiro atoms. The number of methoxy groups -OCH3 is 1. The van der Waals surface area contributed by atoms with Gasteiger partial charge < -0.3 is 15.2 Å². The van der Waals surface area contributed by atoms with Crippen molar-refractivity contribution in [3.05, 3.63) is 35.6 Å². The van der Waals surface area contributed by atoms with Crippen molar-refractivity contribution in [2.45, 2.75) is 83.3 Å². The zero-order valence-electron chi connectivity index (χ0n) is 21.1. The van der Waals surface area contributed by atoms with E-state index in [0.29, 0.717) is 24.0 Å². The van der Waals surface area contributed by atoms with Gasteiger partial charge in [0, 0.05) is 18.7 Å². The smallest absolute Gasteiger partial charge is 0.251 e. The van der Waals surface area contributed by atoms with E-state index >= 15 is 0 Å². The normalized spacial score (nSPS) is 42.3. The van der Waals surface area contributed by atoms with Crippen molar-refractivity contribution >= 4 is 5.91 Å². The number of carbonyl (C=O) groups excluding carboxylic acids is 1. The Balaban J connectivity index is 1.25. The summed E-state index contributed by atoms with van der Waals surface area (Å²) in [6.45, 7) is 5.13. The Bertz CT molecular complexity index is 890. The van der Waals surface area contributed by atoms with Gasteiger partial charge in [-0.3, -0.25) is 4.79 Å². The molecule has 1 amide bonds. The fourth-order valence-corrected chi connectivity index (χ4v) is 9.22. The van der Waals surface area contributed by atoms with E-state index in [4.69, 9.17) is 4.74 Å². The molecule has 0 radical (unpaired) electrons. The molecule has 0 unspecified atom stereocenters. The maximum atomic E-state index is 13.3. The first-order valence-electron chi connectivity index (χ1n) is 13.5. The highest BCUT2D eigenvalue weighted by atomic mass is 19.1. The van der Waals surface area contributed by atoms with Crippen LogP contribution in [0.1, 0.15) is 82.0 Å². The van der Waals surface area contributed by atoms with Crippen LogP contribution in [0.5, 0.6) is 0 Å². The summed E-state index contributed by atoms with van der Waals surface area (Å²) in [4.78, 5) is 12.8. The van der Waals surface area contributed by atoms with E-state index in [1.54, 1.807) is 19.2 Å². The number of carbonyl (C=O) groups is 1. The summed E-state index contributed by atoms with van der Waals surface area (Å²) < 4.78 is 18.6. The molecule has 5 heteroatoms. The lowest BCUT2D eigenvalue weighted by Gasteiger charge is -2.57. The molecule has 9 atom stereocenters. The largest absolute Gasteiger partial charge is 0.387 e. The average molecular weight is 472 g/mol. The summed E-state index contributed by atoms with van der Waals surface area (Å²) in [5, 5.41) is 14.2. The highest BCUT2D eigenvalue weighted by Gasteiger charge is 2.58. The monoisotopic (exact) mass is 471 g/mol. The SMILES string of the molecule is COC[C@@]1(O)CC[C@H]2[C@H](CC[C@@H]3[C@@H]2CC[C@]2(C)[C@@H]([C@@H](C)NC(=O)c4ccc(F)cc4)CC[C@@H]32)C1. The van der Waals surface area contributed by atoms with Crippen LogP contribution < -0.4 is 5.32 Å². The molecule has 4 aliphatic carbocycles. The summed E-state index contributed by atoms with van der Waals surface area (Å²) >= 11 is 0. The fourth-order valence-electron chi connectivity index (χ4n) is 9.22. The minimum atomic E-state index is -0.622. The number of fused-ring (bicyclic) bond motifs is 5. The van der Waals surface area contributed by atoms with E-state index in [1.807, 2.05) is 0 Å². The zero-order valence-corrected chi connectivity index (χ0v) is 21.1. The Morgan fingerprint density at radius 1 is 1.09 bits per heavy atom. The standard InChI is InChI=1S/C29H42FNO3/c1-18(31-27(32)19-4-7-21(30)8-5-19)25-10-11-26-24-9-6-20-16-29(33,17-34-3)15-13-22(20)23(24)12-14-28(25,26)2/h4-5,7-8,18,20,22-26,33H,6,9-17H2,1-3H3,(H,31,32)/t18-,20-,22+,23-,24-,25-,26+,28-,29-/m1/s1. The van der Waals surface area contributed by atoms with Gasteiger partial charge in [-0.05, 0) is 130 Å². The Labute approximate surface area is 204 Å². The summed E-state index contributed by atoms with van der Waals surface area (Å²) in [7, 11) is 1.70. The summed E-state index contributed by atoms with van der Waals surface area (Å²) in [5.41, 5.74) is 0.179. The molecule has 4 aliphatic rings. The van der Waals surface area contributed by atoms with Crippen molar-refractivity contribution in [1.29, 1.82) is 0 Å². The average Bonchev–Trinajstić information content (AvgIpc) is 3.16. The first-order chi connectivity index (χ1) is 16.2. The second kappa shape index (κ2) is 9.20. The minimum absolute atomic E-state index is 0.0977. The molecule has 0 saturated heterocycles. The van der Waals surface area contributed by atoms with Crippen molar-refractivity contribution in [3.63, 3.8) is 0 Å². The Hall–Kier alpha value is -1.46. The number of hydrogen-bond donors (Lipinski definition) is 2. The second-order valence-corrected chi connectivity index (χ2v) is 12.3. The summed E-state index contributed by atoms with van der Waals surface area (Å²) in [6.07, 6.45) is 10.4. The van der Waals surface area contributed by atoms with Crippen molar-refractivity contribution in [3.8, 4) is 0 Å². The Kier molecular flexibility index (Phi) is 6.56. The van der Waals surface area contributed by atoms with E-state index in [2.05, 4.69) is 19.2 Å². The van der Waals surface area contributed by atoms with Crippen LogP contribution >= 0.6 is 0 Å². The number of aliphatic hydroxyl groups is 1. The van der Waals surface area contributed by atoms with Gasteiger partial charge in [0.2, 0.25) is 0 Å². The van der Waals surface area contributed by atoms with Crippen LogP contribution in [0.2, 0.25) is 0 Å². The molecular weight excluding hydrogens is 429 g/mol.